The monoisotopic (exact) mass is 312 g/mol. The summed E-state index contributed by atoms with van der Waals surface area (Å²) in [6.45, 7) is 2.21. The molecule has 0 atom stereocenters. The van der Waals surface area contributed by atoms with E-state index in [9.17, 15) is 13.2 Å². The molecule has 1 N–H and O–H groups in total. The lowest BCUT2D eigenvalue weighted by molar-refractivity contribution is -0.137. The molecule has 0 bridgehead atoms. The van der Waals surface area contributed by atoms with Crippen molar-refractivity contribution in [3.63, 3.8) is 0 Å². The minimum absolute atomic E-state index is 0.0664. The van der Waals surface area contributed by atoms with Gasteiger partial charge in [0, 0.05) is 6.61 Å². The number of rotatable bonds is 8. The van der Waals surface area contributed by atoms with E-state index in [0.717, 1.165) is 37.0 Å². The van der Waals surface area contributed by atoms with E-state index in [-0.39, 0.29) is 6.61 Å². The topological polar surface area (TPSA) is 20.2 Å². The molecule has 0 saturated carbocycles. The Kier molecular flexibility index (Phi) is 8.00. The number of alkyl halides is 3. The normalized spacial score (nSPS) is 11.1. The quantitative estimate of drug-likeness (QED) is 0.489. The maximum atomic E-state index is 12.5. The standard InChI is InChI=1S/C18H23F3O/c1-2-3-4-5-6-15(13-14-22)7-8-16-9-11-17(12-10-16)18(19,20)21/h8-12,22H,2-6,13-14H2,1H3. The number of aliphatic hydroxyl groups excluding tert-OH is 1. The van der Waals surface area contributed by atoms with Crippen LogP contribution in [0.1, 0.15) is 56.6 Å². The van der Waals surface area contributed by atoms with E-state index in [2.05, 4.69) is 12.7 Å². The summed E-state index contributed by atoms with van der Waals surface area (Å²) in [4.78, 5) is 0. The van der Waals surface area contributed by atoms with Gasteiger partial charge in [-0.05, 0) is 48.6 Å². The molecule has 122 valence electrons. The Morgan fingerprint density at radius 3 is 2.32 bits per heavy atom. The van der Waals surface area contributed by atoms with Gasteiger partial charge in [-0.1, -0.05) is 38.3 Å². The summed E-state index contributed by atoms with van der Waals surface area (Å²) in [5.41, 5.74) is 4.16. The van der Waals surface area contributed by atoms with Crippen LogP contribution in [0.5, 0.6) is 0 Å². The first-order valence-electron chi connectivity index (χ1n) is 7.70. The van der Waals surface area contributed by atoms with Gasteiger partial charge in [0.15, 0.2) is 0 Å². The van der Waals surface area contributed by atoms with Gasteiger partial charge in [0.1, 0.15) is 0 Å². The molecule has 0 fully saturated rings. The Labute approximate surface area is 130 Å². The molecule has 0 radical (unpaired) electrons. The highest BCUT2D eigenvalue weighted by molar-refractivity contribution is 5.50. The van der Waals surface area contributed by atoms with Crippen LogP contribution in [-0.4, -0.2) is 11.7 Å². The number of hydrogen-bond acceptors (Lipinski definition) is 1. The zero-order valence-corrected chi connectivity index (χ0v) is 12.9. The van der Waals surface area contributed by atoms with Crippen LogP contribution in [0.15, 0.2) is 35.6 Å². The highest BCUT2D eigenvalue weighted by atomic mass is 19.4. The predicted molar refractivity (Wildman–Crippen MR) is 83.4 cm³/mol. The first-order chi connectivity index (χ1) is 10.5. The van der Waals surface area contributed by atoms with Crippen molar-refractivity contribution in [3.05, 3.63) is 46.7 Å². The molecule has 0 saturated heterocycles. The maximum absolute atomic E-state index is 12.5. The van der Waals surface area contributed by atoms with Crippen molar-refractivity contribution < 1.29 is 18.3 Å². The highest BCUT2D eigenvalue weighted by Gasteiger charge is 2.29. The van der Waals surface area contributed by atoms with Gasteiger partial charge in [-0.25, -0.2) is 0 Å². The number of halogens is 3. The smallest absolute Gasteiger partial charge is 0.396 e. The Balaban J connectivity index is 2.74. The van der Waals surface area contributed by atoms with E-state index in [1.165, 1.54) is 25.0 Å². The summed E-state index contributed by atoms with van der Waals surface area (Å²) in [5, 5.41) is 9.06. The van der Waals surface area contributed by atoms with Gasteiger partial charge in [0.25, 0.3) is 0 Å². The second kappa shape index (κ2) is 9.50. The first-order valence-corrected chi connectivity index (χ1v) is 7.70. The third-order valence-corrected chi connectivity index (χ3v) is 3.43. The second-order valence-corrected chi connectivity index (χ2v) is 5.30. The molecule has 1 nitrogen and oxygen atoms in total. The molecule has 0 aliphatic rings. The van der Waals surface area contributed by atoms with Gasteiger partial charge >= 0.3 is 6.18 Å². The van der Waals surface area contributed by atoms with E-state index >= 15 is 0 Å². The van der Waals surface area contributed by atoms with Crippen molar-refractivity contribution in [3.8, 4) is 0 Å². The molecule has 0 aliphatic heterocycles. The number of hydrogen-bond donors (Lipinski definition) is 1. The number of unbranched alkanes of at least 4 members (excludes halogenated alkanes) is 3. The fourth-order valence-corrected chi connectivity index (χ4v) is 2.12. The first kappa shape index (κ1) is 18.5. The summed E-state index contributed by atoms with van der Waals surface area (Å²) >= 11 is 0. The van der Waals surface area contributed by atoms with Crippen molar-refractivity contribution in [1.82, 2.24) is 0 Å². The summed E-state index contributed by atoms with van der Waals surface area (Å²) in [5.74, 6) is 0. The van der Waals surface area contributed by atoms with Crippen molar-refractivity contribution >= 4 is 6.08 Å². The maximum Gasteiger partial charge on any atom is 0.416 e. The molecular formula is C18H23F3O. The summed E-state index contributed by atoms with van der Waals surface area (Å²) < 4.78 is 37.4. The molecule has 0 heterocycles. The van der Waals surface area contributed by atoms with E-state index < -0.39 is 11.7 Å². The molecule has 1 rings (SSSR count). The summed E-state index contributed by atoms with van der Waals surface area (Å²) in [6, 6.07) is 5.01. The lowest BCUT2D eigenvalue weighted by Gasteiger charge is -2.05. The minimum Gasteiger partial charge on any atom is -0.396 e. The van der Waals surface area contributed by atoms with Gasteiger partial charge in [-0.2, -0.15) is 13.2 Å². The molecule has 0 amide bonds. The lowest BCUT2D eigenvalue weighted by Crippen LogP contribution is -2.03. The molecule has 0 aliphatic carbocycles. The Bertz CT molecular complexity index is 494. The van der Waals surface area contributed by atoms with Crippen molar-refractivity contribution in [2.45, 2.75) is 51.6 Å². The second-order valence-electron chi connectivity index (χ2n) is 5.30. The van der Waals surface area contributed by atoms with E-state index in [1.807, 2.05) is 0 Å². The fourth-order valence-electron chi connectivity index (χ4n) is 2.12. The molecule has 1 aromatic carbocycles. The average molecular weight is 312 g/mol. The van der Waals surface area contributed by atoms with Crippen LogP contribution in [0.4, 0.5) is 13.2 Å². The third-order valence-electron chi connectivity index (χ3n) is 3.43. The molecule has 0 unspecified atom stereocenters. The molecule has 0 aromatic heterocycles. The Morgan fingerprint density at radius 2 is 1.77 bits per heavy atom. The molecule has 0 spiro atoms. The van der Waals surface area contributed by atoms with Crippen LogP contribution >= 0.6 is 0 Å². The van der Waals surface area contributed by atoms with Crippen LogP contribution in [0, 0.1) is 0 Å². The van der Waals surface area contributed by atoms with Crippen LogP contribution in [0.25, 0.3) is 6.08 Å². The van der Waals surface area contributed by atoms with Gasteiger partial charge < -0.3 is 5.11 Å². The average Bonchev–Trinajstić information content (AvgIpc) is 2.48. The van der Waals surface area contributed by atoms with Crippen LogP contribution in [0.2, 0.25) is 0 Å². The van der Waals surface area contributed by atoms with Crippen LogP contribution in [-0.2, 0) is 6.18 Å². The third kappa shape index (κ3) is 6.97. The van der Waals surface area contributed by atoms with Gasteiger partial charge in [0.2, 0.25) is 0 Å². The lowest BCUT2D eigenvalue weighted by atomic mass is 10.0. The molecule has 4 heteroatoms. The molecule has 22 heavy (non-hydrogen) atoms. The Morgan fingerprint density at radius 1 is 1.09 bits per heavy atom. The zero-order valence-electron chi connectivity index (χ0n) is 12.9. The summed E-state index contributed by atoms with van der Waals surface area (Å²) in [7, 11) is 0. The highest BCUT2D eigenvalue weighted by Crippen LogP contribution is 2.29. The fraction of sp³-hybridized carbons (Fsp3) is 0.500. The van der Waals surface area contributed by atoms with Crippen molar-refractivity contribution in [2.75, 3.05) is 6.61 Å². The zero-order chi connectivity index (χ0) is 16.4. The van der Waals surface area contributed by atoms with Crippen LogP contribution in [0.3, 0.4) is 0 Å². The summed E-state index contributed by atoms with van der Waals surface area (Å²) in [6.07, 6.45) is 3.37. The Hall–Kier alpha value is -1.51. The molecule has 1 aromatic rings. The number of aliphatic hydroxyl groups is 1. The predicted octanol–water partition coefficient (Wildman–Crippen LogP) is 5.60. The largest absolute Gasteiger partial charge is 0.416 e. The van der Waals surface area contributed by atoms with E-state index in [1.54, 1.807) is 6.08 Å². The van der Waals surface area contributed by atoms with Crippen LogP contribution < -0.4 is 0 Å². The number of benzene rings is 1. The SMILES string of the molecule is CCCCCCC(=C=Cc1ccc(C(F)(F)F)cc1)CCO. The van der Waals surface area contributed by atoms with E-state index in [4.69, 9.17) is 5.11 Å². The van der Waals surface area contributed by atoms with Crippen molar-refractivity contribution in [1.29, 1.82) is 0 Å². The van der Waals surface area contributed by atoms with Gasteiger partial charge in [-0.3, -0.25) is 0 Å². The van der Waals surface area contributed by atoms with Gasteiger partial charge in [0.05, 0.1) is 5.56 Å². The van der Waals surface area contributed by atoms with Crippen molar-refractivity contribution in [2.24, 2.45) is 0 Å². The molecular weight excluding hydrogens is 289 g/mol. The van der Waals surface area contributed by atoms with E-state index in [0.29, 0.717) is 12.0 Å². The minimum atomic E-state index is -4.31. The van der Waals surface area contributed by atoms with Gasteiger partial charge in [-0.15, -0.1) is 5.73 Å².